The monoisotopic (exact) mass is 509 g/mol. The van der Waals surface area contributed by atoms with E-state index in [1.165, 1.54) is 19.3 Å². The van der Waals surface area contributed by atoms with Gasteiger partial charge in [-0.15, -0.1) is 0 Å². The molecule has 0 spiro atoms. The van der Waals surface area contributed by atoms with E-state index in [-0.39, 0.29) is 24.3 Å². The van der Waals surface area contributed by atoms with E-state index in [1.807, 2.05) is 24.3 Å². The molecule has 2 fully saturated rings. The number of aromatic nitrogens is 1. The number of anilines is 1. The minimum atomic E-state index is -0.508. The third-order valence-electron chi connectivity index (χ3n) is 7.55. The fourth-order valence-corrected chi connectivity index (χ4v) is 5.62. The molecule has 0 bridgehead atoms. The topological polar surface area (TPSA) is 127 Å². The number of nitrogens with two attached hydrogens (primary N) is 1. The van der Waals surface area contributed by atoms with E-state index in [2.05, 4.69) is 15.6 Å². The number of esters is 1. The zero-order chi connectivity index (χ0) is 26.2. The van der Waals surface area contributed by atoms with Crippen molar-refractivity contribution >= 4 is 34.4 Å². The number of carbonyl (C=O) groups excluding carboxylic acids is 3. The van der Waals surface area contributed by atoms with Crippen molar-refractivity contribution in [3.05, 3.63) is 36.0 Å². The Morgan fingerprint density at radius 2 is 1.95 bits per heavy atom. The largest absolute Gasteiger partial charge is 0.465 e. The molecular weight excluding hydrogens is 470 g/mol. The zero-order valence-electron chi connectivity index (χ0n) is 21.7. The number of amides is 2. The Bertz CT molecular complexity index is 1100. The summed E-state index contributed by atoms with van der Waals surface area (Å²) in [5.74, 6) is 0.313. The summed E-state index contributed by atoms with van der Waals surface area (Å²) in [6.07, 6.45) is 9.55. The average Bonchev–Trinajstić information content (AvgIpc) is 3.40. The van der Waals surface area contributed by atoms with Crippen LogP contribution in [0.1, 0.15) is 63.9 Å². The number of nitrogen functional groups attached to an aromatic ring is 1. The molecule has 4 N–H and O–H groups in total. The first-order valence-corrected chi connectivity index (χ1v) is 13.6. The van der Waals surface area contributed by atoms with Gasteiger partial charge in [-0.1, -0.05) is 44.2 Å². The number of pyridine rings is 1. The molecule has 2 aromatic rings. The smallest absolute Gasteiger partial charge is 0.319 e. The van der Waals surface area contributed by atoms with Crippen molar-refractivity contribution in [2.75, 3.05) is 25.4 Å². The van der Waals surface area contributed by atoms with E-state index in [0.29, 0.717) is 44.3 Å². The minimum Gasteiger partial charge on any atom is -0.465 e. The highest BCUT2D eigenvalue weighted by molar-refractivity contribution is 5.92. The maximum absolute atomic E-state index is 13.7. The van der Waals surface area contributed by atoms with Crippen LogP contribution in [-0.4, -0.2) is 59.4 Å². The second-order valence-electron chi connectivity index (χ2n) is 10.1. The van der Waals surface area contributed by atoms with Gasteiger partial charge in [-0.05, 0) is 55.2 Å². The van der Waals surface area contributed by atoms with Crippen LogP contribution >= 0.6 is 0 Å². The van der Waals surface area contributed by atoms with Gasteiger partial charge in [0.05, 0.1) is 19.2 Å². The van der Waals surface area contributed by atoms with Crippen molar-refractivity contribution in [2.24, 2.45) is 5.92 Å². The first-order valence-electron chi connectivity index (χ1n) is 13.6. The Labute approximate surface area is 218 Å². The van der Waals surface area contributed by atoms with E-state index in [4.69, 9.17) is 10.5 Å². The summed E-state index contributed by atoms with van der Waals surface area (Å²) < 4.78 is 5.05. The number of carbonyl (C=O) groups is 3. The standard InChI is InChI=1S/C28H39N5O4/c1-2-37-25(34)18-31-23(16-19-7-4-3-5-8-19)28(36)33-14-6-9-24(33)27(35)32-17-20-10-11-22-21(15-20)12-13-30-26(22)29/h10-13,15,19,23-24,31H,2-9,14,16-18H2,1H3,(H2,29,30)(H,32,35)/t23-,24+/m1/s1. The van der Waals surface area contributed by atoms with Crippen LogP contribution in [0, 0.1) is 5.92 Å². The molecule has 37 heavy (non-hydrogen) atoms. The Hall–Kier alpha value is -3.20. The molecule has 200 valence electrons. The quantitative estimate of drug-likeness (QED) is 0.420. The Balaban J connectivity index is 1.39. The lowest BCUT2D eigenvalue weighted by atomic mass is 9.84. The van der Waals surface area contributed by atoms with Gasteiger partial charge in [-0.3, -0.25) is 19.7 Å². The summed E-state index contributed by atoms with van der Waals surface area (Å²) in [6.45, 7) is 2.96. The molecular formula is C28H39N5O4. The predicted molar refractivity (Wildman–Crippen MR) is 142 cm³/mol. The second kappa shape index (κ2) is 12.9. The van der Waals surface area contributed by atoms with Crippen LogP contribution < -0.4 is 16.4 Å². The molecule has 1 aromatic heterocycles. The Morgan fingerprint density at radius 3 is 2.73 bits per heavy atom. The van der Waals surface area contributed by atoms with E-state index in [1.54, 1.807) is 18.0 Å². The summed E-state index contributed by atoms with van der Waals surface area (Å²) >= 11 is 0. The maximum atomic E-state index is 13.7. The zero-order valence-corrected chi connectivity index (χ0v) is 21.7. The molecule has 0 radical (unpaired) electrons. The number of fused-ring (bicyclic) bond motifs is 1. The SMILES string of the molecule is CCOC(=O)CN[C@H](CC1CCCCC1)C(=O)N1CCC[C@H]1C(=O)NCc1ccc2c(N)nccc2c1. The number of hydrogen-bond donors (Lipinski definition) is 3. The molecule has 1 saturated carbocycles. The van der Waals surface area contributed by atoms with Crippen molar-refractivity contribution < 1.29 is 19.1 Å². The fraction of sp³-hybridized carbons (Fsp3) is 0.571. The van der Waals surface area contributed by atoms with E-state index < -0.39 is 12.1 Å². The highest BCUT2D eigenvalue weighted by atomic mass is 16.5. The highest BCUT2D eigenvalue weighted by Gasteiger charge is 2.38. The molecule has 2 atom stereocenters. The van der Waals surface area contributed by atoms with Crippen LogP contribution in [0.25, 0.3) is 10.8 Å². The lowest BCUT2D eigenvalue weighted by Crippen LogP contribution is -2.53. The molecule has 1 saturated heterocycles. The lowest BCUT2D eigenvalue weighted by Gasteiger charge is -2.31. The van der Waals surface area contributed by atoms with Gasteiger partial charge in [-0.2, -0.15) is 0 Å². The molecule has 2 aliphatic rings. The van der Waals surface area contributed by atoms with E-state index >= 15 is 0 Å². The number of nitrogens with zero attached hydrogens (tertiary/aromatic N) is 2. The van der Waals surface area contributed by atoms with E-state index in [9.17, 15) is 14.4 Å². The summed E-state index contributed by atoms with van der Waals surface area (Å²) in [6, 6.07) is 6.72. The summed E-state index contributed by atoms with van der Waals surface area (Å²) in [4.78, 5) is 44.7. The van der Waals surface area contributed by atoms with Gasteiger partial charge in [0.1, 0.15) is 11.9 Å². The van der Waals surface area contributed by atoms with Gasteiger partial charge in [0.2, 0.25) is 11.8 Å². The third-order valence-corrected chi connectivity index (χ3v) is 7.55. The van der Waals surface area contributed by atoms with Crippen LogP contribution in [0.2, 0.25) is 0 Å². The van der Waals surface area contributed by atoms with Crippen molar-refractivity contribution in [3.63, 3.8) is 0 Å². The first-order chi connectivity index (χ1) is 18.0. The van der Waals surface area contributed by atoms with Crippen molar-refractivity contribution in [2.45, 2.75) is 76.9 Å². The molecule has 9 heteroatoms. The predicted octanol–water partition coefficient (Wildman–Crippen LogP) is 2.92. The molecule has 2 heterocycles. The van der Waals surface area contributed by atoms with Crippen LogP contribution in [0.15, 0.2) is 30.5 Å². The normalized spacial score (nSPS) is 19.1. The Morgan fingerprint density at radius 1 is 1.14 bits per heavy atom. The number of benzene rings is 1. The Kier molecular flexibility index (Phi) is 9.33. The number of likely N-dealkylation sites (tertiary alicyclic amines) is 1. The number of nitrogens with one attached hydrogen (secondary N) is 2. The molecule has 1 aliphatic carbocycles. The lowest BCUT2D eigenvalue weighted by molar-refractivity contribution is -0.143. The summed E-state index contributed by atoms with van der Waals surface area (Å²) in [5.41, 5.74) is 6.89. The molecule has 0 unspecified atom stereocenters. The van der Waals surface area contributed by atoms with Gasteiger partial charge in [0, 0.05) is 24.7 Å². The van der Waals surface area contributed by atoms with Gasteiger partial charge in [0.25, 0.3) is 0 Å². The minimum absolute atomic E-state index is 0.0103. The molecule has 4 rings (SSSR count). The van der Waals surface area contributed by atoms with Crippen molar-refractivity contribution in [3.8, 4) is 0 Å². The molecule has 1 aromatic carbocycles. The number of hydrogen-bond acceptors (Lipinski definition) is 7. The molecule has 1 aliphatic heterocycles. The number of rotatable bonds is 10. The summed E-state index contributed by atoms with van der Waals surface area (Å²) in [7, 11) is 0. The third kappa shape index (κ3) is 6.97. The van der Waals surface area contributed by atoms with Gasteiger partial charge < -0.3 is 20.7 Å². The van der Waals surface area contributed by atoms with Gasteiger partial charge in [0.15, 0.2) is 0 Å². The van der Waals surface area contributed by atoms with Crippen molar-refractivity contribution in [1.29, 1.82) is 0 Å². The highest BCUT2D eigenvalue weighted by Crippen LogP contribution is 2.29. The maximum Gasteiger partial charge on any atom is 0.319 e. The number of ether oxygens (including phenoxy) is 1. The van der Waals surface area contributed by atoms with Crippen LogP contribution in [0.3, 0.4) is 0 Å². The summed E-state index contributed by atoms with van der Waals surface area (Å²) in [5, 5.41) is 8.02. The average molecular weight is 510 g/mol. The fourth-order valence-electron chi connectivity index (χ4n) is 5.62. The van der Waals surface area contributed by atoms with Gasteiger partial charge in [-0.25, -0.2) is 4.98 Å². The molecule has 2 amide bonds. The second-order valence-corrected chi connectivity index (χ2v) is 10.1. The van der Waals surface area contributed by atoms with Crippen molar-refractivity contribution in [1.82, 2.24) is 20.5 Å². The van der Waals surface area contributed by atoms with Crippen LogP contribution in [0.5, 0.6) is 0 Å². The molecule has 9 nitrogen and oxygen atoms in total. The van der Waals surface area contributed by atoms with Crippen LogP contribution in [-0.2, 0) is 25.7 Å². The first kappa shape index (κ1) is 26.9. The van der Waals surface area contributed by atoms with Crippen LogP contribution in [0.4, 0.5) is 5.82 Å². The van der Waals surface area contributed by atoms with Gasteiger partial charge >= 0.3 is 5.97 Å². The van der Waals surface area contributed by atoms with E-state index in [0.717, 1.165) is 35.6 Å².